The van der Waals surface area contributed by atoms with Crippen LogP contribution in [0.15, 0.2) is 40.4 Å². The quantitative estimate of drug-likeness (QED) is 0.0499. The lowest BCUT2D eigenvalue weighted by molar-refractivity contribution is -0.142. The molecule has 1 aromatic carbocycles. The summed E-state index contributed by atoms with van der Waals surface area (Å²) in [6, 6.07) is 3.10. The number of carboxylic acid groups (broad SMARTS) is 1. The molecule has 0 spiro atoms. The Labute approximate surface area is 262 Å². The summed E-state index contributed by atoms with van der Waals surface area (Å²) in [5.41, 5.74) is 29.2. The SMILES string of the molecule is CC(C)CC(NC(=O)C(CCCN=C(N)N)NC(=O)C(Cc1c[nH]c2ccccc12)NC(=O)C(N)CCCN=C(N)N)C(=O)O. The third-order valence-corrected chi connectivity index (χ3v) is 6.94. The van der Waals surface area contributed by atoms with Crippen molar-refractivity contribution in [2.24, 2.45) is 44.6 Å². The minimum Gasteiger partial charge on any atom is -0.480 e. The Morgan fingerprint density at radius 1 is 0.822 bits per heavy atom. The molecule has 4 unspecified atom stereocenters. The third kappa shape index (κ3) is 12.7. The Balaban J connectivity index is 2.30. The van der Waals surface area contributed by atoms with Crippen molar-refractivity contribution in [1.29, 1.82) is 0 Å². The van der Waals surface area contributed by atoms with Gasteiger partial charge in [0.25, 0.3) is 0 Å². The summed E-state index contributed by atoms with van der Waals surface area (Å²) in [5, 5.41) is 18.5. The molecule has 0 radical (unpaired) electrons. The van der Waals surface area contributed by atoms with Crippen LogP contribution in [0.5, 0.6) is 0 Å². The number of nitrogens with two attached hydrogens (primary N) is 5. The number of aromatic amines is 1. The number of aliphatic imine (C=N–C) groups is 2. The molecule has 2 rings (SSSR count). The van der Waals surface area contributed by atoms with E-state index in [1.807, 2.05) is 38.1 Å². The average Bonchev–Trinajstić information content (AvgIpc) is 3.37. The zero-order valence-electron chi connectivity index (χ0n) is 25.8. The predicted octanol–water partition coefficient (Wildman–Crippen LogP) is -1.27. The second kappa shape index (κ2) is 18.1. The lowest BCUT2D eigenvalue weighted by Gasteiger charge is -2.25. The van der Waals surface area contributed by atoms with Crippen LogP contribution in [0.3, 0.4) is 0 Å². The van der Waals surface area contributed by atoms with E-state index in [0.29, 0.717) is 12.8 Å². The van der Waals surface area contributed by atoms with Crippen molar-refractivity contribution in [3.8, 4) is 0 Å². The molecule has 0 saturated carbocycles. The molecule has 1 heterocycles. The zero-order chi connectivity index (χ0) is 33.5. The molecule has 0 aliphatic heterocycles. The van der Waals surface area contributed by atoms with E-state index in [9.17, 15) is 24.3 Å². The molecule has 15 N–H and O–H groups in total. The molecule has 16 nitrogen and oxygen atoms in total. The smallest absolute Gasteiger partial charge is 0.326 e. The van der Waals surface area contributed by atoms with E-state index in [1.54, 1.807) is 6.20 Å². The number of rotatable bonds is 19. The monoisotopic (exact) mass is 629 g/mol. The van der Waals surface area contributed by atoms with Gasteiger partial charge in [0.1, 0.15) is 18.1 Å². The molecular weight excluding hydrogens is 582 g/mol. The number of carboxylic acids is 1. The molecule has 0 saturated heterocycles. The van der Waals surface area contributed by atoms with Crippen LogP contribution in [-0.4, -0.2) is 83.0 Å². The first-order valence-electron chi connectivity index (χ1n) is 14.8. The zero-order valence-corrected chi connectivity index (χ0v) is 25.8. The van der Waals surface area contributed by atoms with E-state index in [-0.39, 0.29) is 56.6 Å². The molecular formula is C29H47N11O5. The number of aliphatic carboxylic acids is 1. The number of carbonyl (C=O) groups excluding carboxylic acids is 3. The fraction of sp³-hybridized carbons (Fsp3) is 0.517. The number of fused-ring (bicyclic) bond motifs is 1. The highest BCUT2D eigenvalue weighted by atomic mass is 16.4. The van der Waals surface area contributed by atoms with Gasteiger partial charge < -0.3 is 54.7 Å². The number of aromatic nitrogens is 1. The van der Waals surface area contributed by atoms with Gasteiger partial charge in [-0.25, -0.2) is 4.79 Å². The maximum Gasteiger partial charge on any atom is 0.326 e. The van der Waals surface area contributed by atoms with Gasteiger partial charge >= 0.3 is 5.97 Å². The van der Waals surface area contributed by atoms with E-state index in [2.05, 4.69) is 30.9 Å². The van der Waals surface area contributed by atoms with Crippen LogP contribution in [-0.2, 0) is 25.6 Å². The van der Waals surface area contributed by atoms with Crippen molar-refractivity contribution < 1.29 is 24.3 Å². The number of nitrogens with one attached hydrogen (secondary N) is 4. The minimum absolute atomic E-state index is 0.0132. The maximum absolute atomic E-state index is 13.8. The molecule has 0 aliphatic carbocycles. The molecule has 45 heavy (non-hydrogen) atoms. The Bertz CT molecular complexity index is 1350. The molecule has 3 amide bonds. The summed E-state index contributed by atoms with van der Waals surface area (Å²) < 4.78 is 0. The standard InChI is InChI=1S/C29H47N11O5/c1-16(2)13-23(27(44)45)40-25(42)21(10-6-12-36-29(33)34)38-26(43)22(14-17-15-37-20-9-4-3-7-18(17)20)39-24(41)19(30)8-5-11-35-28(31)32/h3-4,7,9,15-16,19,21-23,37H,5-6,8,10-14,30H2,1-2H3,(H,38,43)(H,39,41)(H,40,42)(H,44,45)(H4,31,32,35)(H4,33,34,36). The number of guanidine groups is 2. The summed E-state index contributed by atoms with van der Waals surface area (Å²) in [5.74, 6) is -3.31. The van der Waals surface area contributed by atoms with Crippen molar-refractivity contribution in [2.45, 2.75) is 76.5 Å². The number of carbonyl (C=O) groups is 4. The van der Waals surface area contributed by atoms with Crippen molar-refractivity contribution in [3.63, 3.8) is 0 Å². The van der Waals surface area contributed by atoms with Crippen LogP contribution in [0.4, 0.5) is 0 Å². The normalized spacial score (nSPS) is 13.7. The largest absolute Gasteiger partial charge is 0.480 e. The highest BCUT2D eigenvalue weighted by Gasteiger charge is 2.31. The Morgan fingerprint density at radius 3 is 1.98 bits per heavy atom. The van der Waals surface area contributed by atoms with E-state index >= 15 is 0 Å². The van der Waals surface area contributed by atoms with Gasteiger partial charge in [0.05, 0.1) is 6.04 Å². The van der Waals surface area contributed by atoms with Crippen molar-refractivity contribution in [1.82, 2.24) is 20.9 Å². The van der Waals surface area contributed by atoms with Gasteiger partial charge in [0, 0.05) is 36.6 Å². The number of hydrogen-bond donors (Lipinski definition) is 10. The van der Waals surface area contributed by atoms with E-state index in [0.717, 1.165) is 16.5 Å². The molecule has 0 aliphatic rings. The Hall–Kier alpha value is -4.86. The van der Waals surface area contributed by atoms with E-state index in [4.69, 9.17) is 28.7 Å². The van der Waals surface area contributed by atoms with Crippen molar-refractivity contribution in [2.75, 3.05) is 13.1 Å². The van der Waals surface area contributed by atoms with Gasteiger partial charge in [-0.2, -0.15) is 0 Å². The van der Waals surface area contributed by atoms with Gasteiger partial charge in [0.2, 0.25) is 17.7 Å². The Morgan fingerprint density at radius 2 is 1.38 bits per heavy atom. The number of hydrogen-bond acceptors (Lipinski definition) is 7. The first-order valence-corrected chi connectivity index (χ1v) is 14.8. The van der Waals surface area contributed by atoms with Gasteiger partial charge in [-0.3, -0.25) is 24.4 Å². The number of amides is 3. The minimum atomic E-state index is -1.19. The molecule has 2 aromatic rings. The van der Waals surface area contributed by atoms with Crippen LogP contribution in [0.2, 0.25) is 0 Å². The highest BCUT2D eigenvalue weighted by molar-refractivity contribution is 5.95. The average molecular weight is 630 g/mol. The lowest BCUT2D eigenvalue weighted by Crippen LogP contribution is -2.57. The molecule has 248 valence electrons. The van der Waals surface area contributed by atoms with Crippen LogP contribution in [0, 0.1) is 5.92 Å². The summed E-state index contributed by atoms with van der Waals surface area (Å²) in [6.45, 7) is 4.13. The highest BCUT2D eigenvalue weighted by Crippen LogP contribution is 2.19. The van der Waals surface area contributed by atoms with E-state index < -0.39 is 47.9 Å². The van der Waals surface area contributed by atoms with Gasteiger partial charge in [-0.05, 0) is 49.7 Å². The molecule has 0 bridgehead atoms. The van der Waals surface area contributed by atoms with Crippen LogP contribution >= 0.6 is 0 Å². The Kier molecular flexibility index (Phi) is 14.6. The summed E-state index contributed by atoms with van der Waals surface area (Å²) >= 11 is 0. The summed E-state index contributed by atoms with van der Waals surface area (Å²) in [7, 11) is 0. The molecule has 4 atom stereocenters. The fourth-order valence-corrected chi connectivity index (χ4v) is 4.67. The fourth-order valence-electron chi connectivity index (χ4n) is 4.67. The summed E-state index contributed by atoms with van der Waals surface area (Å²) in [4.78, 5) is 63.0. The summed E-state index contributed by atoms with van der Waals surface area (Å²) in [6.07, 6.45) is 3.11. The van der Waals surface area contributed by atoms with Crippen LogP contribution in [0.25, 0.3) is 10.9 Å². The van der Waals surface area contributed by atoms with Crippen LogP contribution < -0.4 is 44.6 Å². The second-order valence-electron chi connectivity index (χ2n) is 11.2. The van der Waals surface area contributed by atoms with Gasteiger partial charge in [-0.15, -0.1) is 0 Å². The van der Waals surface area contributed by atoms with Crippen molar-refractivity contribution in [3.05, 3.63) is 36.0 Å². The van der Waals surface area contributed by atoms with E-state index in [1.165, 1.54) is 0 Å². The number of nitrogens with zero attached hydrogens (tertiary/aromatic N) is 2. The number of para-hydroxylation sites is 1. The number of benzene rings is 1. The third-order valence-electron chi connectivity index (χ3n) is 6.94. The van der Waals surface area contributed by atoms with Gasteiger partial charge in [0.15, 0.2) is 11.9 Å². The molecule has 16 heteroatoms. The van der Waals surface area contributed by atoms with Crippen LogP contribution in [0.1, 0.15) is 51.5 Å². The molecule has 1 aromatic heterocycles. The van der Waals surface area contributed by atoms with Gasteiger partial charge in [-0.1, -0.05) is 32.0 Å². The van der Waals surface area contributed by atoms with Crippen molar-refractivity contribution >= 4 is 46.5 Å². The maximum atomic E-state index is 13.8. The second-order valence-corrected chi connectivity index (χ2v) is 11.2. The first-order chi connectivity index (χ1) is 21.3. The number of H-pyrrole nitrogens is 1. The predicted molar refractivity (Wildman–Crippen MR) is 173 cm³/mol. The first kappa shape index (κ1) is 36.3. The lowest BCUT2D eigenvalue weighted by atomic mass is 10.0. The topological polar surface area (TPSA) is 295 Å². The molecule has 0 fully saturated rings.